The Morgan fingerprint density at radius 1 is 1.19 bits per heavy atom. The number of aromatic amines is 1. The number of nitrogens with one attached hydrogen (secondary N) is 2. The van der Waals surface area contributed by atoms with Gasteiger partial charge < -0.3 is 11.1 Å². The predicted molar refractivity (Wildman–Crippen MR) is 99.6 cm³/mol. The molecule has 7 nitrogen and oxygen atoms in total. The van der Waals surface area contributed by atoms with E-state index in [1.807, 2.05) is 0 Å². The molecule has 0 saturated heterocycles. The number of hydrogen-bond donors (Lipinski definition) is 3. The van der Waals surface area contributed by atoms with E-state index in [0.29, 0.717) is 23.8 Å². The van der Waals surface area contributed by atoms with Crippen molar-refractivity contribution in [2.45, 2.75) is 25.2 Å². The zero-order valence-corrected chi connectivity index (χ0v) is 15.1. The second-order valence-electron chi connectivity index (χ2n) is 6.94. The van der Waals surface area contributed by atoms with E-state index in [0.717, 1.165) is 5.56 Å². The molecule has 0 aliphatic heterocycles. The summed E-state index contributed by atoms with van der Waals surface area (Å²) < 4.78 is 13.1. The number of H-pyrrole nitrogens is 1. The van der Waals surface area contributed by atoms with Crippen molar-refractivity contribution in [2.24, 2.45) is 5.73 Å². The molecule has 8 heteroatoms. The molecule has 0 radical (unpaired) electrons. The van der Waals surface area contributed by atoms with Crippen LogP contribution in [0.25, 0.3) is 0 Å². The number of aromatic nitrogens is 4. The van der Waals surface area contributed by atoms with Gasteiger partial charge in [-0.25, -0.2) is 4.39 Å². The van der Waals surface area contributed by atoms with Gasteiger partial charge in [0, 0.05) is 18.2 Å². The smallest absolute Gasteiger partial charge is 0.232 e. The lowest BCUT2D eigenvalue weighted by Crippen LogP contribution is -2.28. The average Bonchev–Trinajstić information content (AvgIpc) is 3.15. The topological polar surface area (TPSA) is 110 Å². The van der Waals surface area contributed by atoms with Crippen molar-refractivity contribution in [1.82, 2.24) is 20.4 Å². The number of carbonyl (C=O) groups is 1. The van der Waals surface area contributed by atoms with Crippen LogP contribution in [0.3, 0.4) is 0 Å². The maximum atomic E-state index is 13.1. The number of nitrogens with zero attached hydrogens (tertiary/aromatic N) is 3. The van der Waals surface area contributed by atoms with E-state index in [-0.39, 0.29) is 11.2 Å². The Morgan fingerprint density at radius 2 is 1.93 bits per heavy atom. The molecular formula is C19H21FN6O. The van der Waals surface area contributed by atoms with Gasteiger partial charge in [0.25, 0.3) is 0 Å². The van der Waals surface area contributed by atoms with Crippen LogP contribution >= 0.6 is 0 Å². The molecule has 0 fully saturated rings. The number of amides is 1. The maximum absolute atomic E-state index is 13.1. The third kappa shape index (κ3) is 4.28. The van der Waals surface area contributed by atoms with Crippen LogP contribution in [0.1, 0.15) is 36.7 Å². The van der Waals surface area contributed by atoms with Crippen LogP contribution < -0.4 is 11.1 Å². The van der Waals surface area contributed by atoms with Gasteiger partial charge in [0.05, 0.1) is 11.4 Å². The molecule has 3 rings (SSSR count). The second-order valence-corrected chi connectivity index (χ2v) is 6.94. The fraction of sp³-hybridized carbons (Fsp3) is 0.263. The third-order valence-corrected chi connectivity index (χ3v) is 4.44. The lowest BCUT2D eigenvalue weighted by atomic mass is 9.84. The van der Waals surface area contributed by atoms with Crippen molar-refractivity contribution in [3.63, 3.8) is 0 Å². The molecule has 1 atom stereocenters. The number of primary amides is 1. The van der Waals surface area contributed by atoms with Gasteiger partial charge in [-0.1, -0.05) is 26.0 Å². The van der Waals surface area contributed by atoms with Crippen molar-refractivity contribution in [1.29, 1.82) is 0 Å². The Labute approximate surface area is 156 Å². The van der Waals surface area contributed by atoms with Crippen molar-refractivity contribution in [2.75, 3.05) is 11.9 Å². The standard InChI is InChI=1S/C19H21FN6O/c1-19(2,12-3-5-13(20)6-4-12)11-22-16-8-7-14(25-26-16)17(18(21)27)15-9-10-23-24-15/h3-10,17H,11H2,1-2H3,(H2,21,27)(H,22,26)(H,23,24). The molecule has 1 aromatic carbocycles. The molecule has 0 aliphatic carbocycles. The zero-order chi connectivity index (χ0) is 19.4. The molecule has 0 bridgehead atoms. The summed E-state index contributed by atoms with van der Waals surface area (Å²) in [5, 5.41) is 18.1. The van der Waals surface area contributed by atoms with E-state index >= 15 is 0 Å². The molecule has 140 valence electrons. The molecule has 0 aliphatic rings. The first-order chi connectivity index (χ1) is 12.9. The maximum Gasteiger partial charge on any atom is 0.232 e. The first-order valence-electron chi connectivity index (χ1n) is 8.49. The summed E-state index contributed by atoms with van der Waals surface area (Å²) in [5.74, 6) is -0.955. The molecule has 0 spiro atoms. The lowest BCUT2D eigenvalue weighted by molar-refractivity contribution is -0.118. The van der Waals surface area contributed by atoms with E-state index < -0.39 is 11.8 Å². The van der Waals surface area contributed by atoms with Gasteiger partial charge in [-0.3, -0.25) is 9.89 Å². The summed E-state index contributed by atoms with van der Waals surface area (Å²) in [5.41, 5.74) is 7.27. The summed E-state index contributed by atoms with van der Waals surface area (Å²) in [6.07, 6.45) is 1.55. The minimum atomic E-state index is -0.732. The van der Waals surface area contributed by atoms with Crippen LogP contribution in [-0.2, 0) is 10.2 Å². The van der Waals surface area contributed by atoms with Gasteiger partial charge >= 0.3 is 0 Å². The number of nitrogens with two attached hydrogens (primary N) is 1. The number of halogens is 1. The Kier molecular flexibility index (Phi) is 5.16. The first kappa shape index (κ1) is 18.5. The highest BCUT2D eigenvalue weighted by Gasteiger charge is 2.24. The lowest BCUT2D eigenvalue weighted by Gasteiger charge is -2.26. The van der Waals surface area contributed by atoms with Gasteiger partial charge in [-0.15, -0.1) is 5.10 Å². The summed E-state index contributed by atoms with van der Waals surface area (Å²) >= 11 is 0. The Hall–Kier alpha value is -3.29. The Balaban J connectivity index is 1.70. The fourth-order valence-electron chi connectivity index (χ4n) is 2.79. The minimum Gasteiger partial charge on any atom is -0.369 e. The Morgan fingerprint density at radius 3 is 2.48 bits per heavy atom. The van der Waals surface area contributed by atoms with Gasteiger partial charge in [0.15, 0.2) is 0 Å². The van der Waals surface area contributed by atoms with E-state index in [1.165, 1.54) is 12.1 Å². The average molecular weight is 368 g/mol. The summed E-state index contributed by atoms with van der Waals surface area (Å²) in [4.78, 5) is 11.8. The van der Waals surface area contributed by atoms with E-state index in [2.05, 4.69) is 39.6 Å². The number of hydrogen-bond acceptors (Lipinski definition) is 5. The molecule has 0 saturated carbocycles. The van der Waals surface area contributed by atoms with E-state index in [4.69, 9.17) is 5.73 Å². The van der Waals surface area contributed by atoms with Crippen molar-refractivity contribution in [3.05, 3.63) is 71.4 Å². The van der Waals surface area contributed by atoms with Gasteiger partial charge in [-0.2, -0.15) is 10.2 Å². The summed E-state index contributed by atoms with van der Waals surface area (Å²) in [6, 6.07) is 11.6. The highest BCUT2D eigenvalue weighted by atomic mass is 19.1. The van der Waals surface area contributed by atoms with Crippen LogP contribution in [0.5, 0.6) is 0 Å². The summed E-state index contributed by atoms with van der Waals surface area (Å²) in [6.45, 7) is 4.68. The van der Waals surface area contributed by atoms with Crippen molar-refractivity contribution in [3.8, 4) is 0 Å². The van der Waals surface area contributed by atoms with Crippen LogP contribution in [0, 0.1) is 5.82 Å². The quantitative estimate of drug-likeness (QED) is 0.593. The monoisotopic (exact) mass is 368 g/mol. The fourth-order valence-corrected chi connectivity index (χ4v) is 2.79. The van der Waals surface area contributed by atoms with E-state index in [9.17, 15) is 9.18 Å². The normalized spacial score (nSPS) is 12.6. The SMILES string of the molecule is CC(C)(CNc1ccc(C(C(N)=O)c2ccn[nH]2)nn1)c1ccc(F)cc1. The van der Waals surface area contributed by atoms with Crippen molar-refractivity contribution >= 4 is 11.7 Å². The number of carbonyl (C=O) groups excluding carboxylic acids is 1. The summed E-state index contributed by atoms with van der Waals surface area (Å²) in [7, 11) is 0. The number of rotatable bonds is 7. The third-order valence-electron chi connectivity index (χ3n) is 4.44. The molecule has 2 aromatic heterocycles. The van der Waals surface area contributed by atoms with Gasteiger partial charge in [-0.05, 0) is 35.9 Å². The molecule has 27 heavy (non-hydrogen) atoms. The molecular weight excluding hydrogens is 347 g/mol. The van der Waals surface area contributed by atoms with Crippen LogP contribution in [0.2, 0.25) is 0 Å². The molecule has 1 amide bonds. The number of anilines is 1. The largest absolute Gasteiger partial charge is 0.369 e. The second kappa shape index (κ2) is 7.53. The molecule has 3 aromatic rings. The highest BCUT2D eigenvalue weighted by molar-refractivity contribution is 5.84. The van der Waals surface area contributed by atoms with Gasteiger partial charge in [0.1, 0.15) is 17.6 Å². The van der Waals surface area contributed by atoms with Crippen molar-refractivity contribution < 1.29 is 9.18 Å². The van der Waals surface area contributed by atoms with E-state index in [1.54, 1.807) is 36.5 Å². The first-order valence-corrected chi connectivity index (χ1v) is 8.49. The molecule has 2 heterocycles. The van der Waals surface area contributed by atoms with Crippen LogP contribution in [0.4, 0.5) is 10.2 Å². The molecule has 1 unspecified atom stereocenters. The predicted octanol–water partition coefficient (Wildman–Crippen LogP) is 2.35. The minimum absolute atomic E-state index is 0.236. The van der Waals surface area contributed by atoms with Gasteiger partial charge in [0.2, 0.25) is 5.91 Å². The highest BCUT2D eigenvalue weighted by Crippen LogP contribution is 2.24. The van der Waals surface area contributed by atoms with Crippen LogP contribution in [-0.4, -0.2) is 32.8 Å². The molecule has 4 N–H and O–H groups in total. The number of benzene rings is 1. The van der Waals surface area contributed by atoms with Crippen LogP contribution in [0.15, 0.2) is 48.7 Å². The zero-order valence-electron chi connectivity index (χ0n) is 15.1. The Bertz CT molecular complexity index is 891.